The lowest BCUT2D eigenvalue weighted by molar-refractivity contribution is -0.274. The largest absolute Gasteiger partial charge is 0.573 e. The van der Waals surface area contributed by atoms with E-state index in [1.165, 1.54) is 46.4 Å². The Labute approximate surface area is 243 Å². The van der Waals surface area contributed by atoms with Crippen molar-refractivity contribution in [3.8, 4) is 28.6 Å². The molecule has 1 aromatic heterocycles. The molecule has 218 valence electrons. The number of nitrogens with zero attached hydrogens (tertiary/aromatic N) is 3. The second kappa shape index (κ2) is 14.5. The van der Waals surface area contributed by atoms with Gasteiger partial charge >= 0.3 is 6.36 Å². The van der Waals surface area contributed by atoms with Crippen LogP contribution in [-0.2, 0) is 6.42 Å². The van der Waals surface area contributed by atoms with Gasteiger partial charge in [0.15, 0.2) is 10.9 Å². The van der Waals surface area contributed by atoms with Crippen LogP contribution in [0.1, 0.15) is 50.7 Å². The van der Waals surface area contributed by atoms with Gasteiger partial charge in [0.1, 0.15) is 17.8 Å². The van der Waals surface area contributed by atoms with Crippen molar-refractivity contribution in [1.29, 1.82) is 0 Å². The van der Waals surface area contributed by atoms with E-state index in [1.54, 1.807) is 7.11 Å². The minimum absolute atomic E-state index is 0.269. The second-order valence-electron chi connectivity index (χ2n) is 9.46. The summed E-state index contributed by atoms with van der Waals surface area (Å²) >= 11 is 4.83. The van der Waals surface area contributed by atoms with Crippen molar-refractivity contribution in [2.75, 3.05) is 12.4 Å². The molecule has 41 heavy (non-hydrogen) atoms. The Kier molecular flexibility index (Phi) is 11.1. The summed E-state index contributed by atoms with van der Waals surface area (Å²) in [5, 5.41) is 7.65. The fourth-order valence-electron chi connectivity index (χ4n) is 3.97. The predicted octanol–water partition coefficient (Wildman–Crippen LogP) is 7.65. The third kappa shape index (κ3) is 9.78. The summed E-state index contributed by atoms with van der Waals surface area (Å²) in [6, 6.07) is 19.4. The number of aromatic nitrogens is 3. The minimum atomic E-state index is -4.70. The highest BCUT2D eigenvalue weighted by Gasteiger charge is 2.31. The maximum Gasteiger partial charge on any atom is 0.573 e. The number of benzene rings is 3. The summed E-state index contributed by atoms with van der Waals surface area (Å²) in [5.74, 6) is 1.50. The van der Waals surface area contributed by atoms with Crippen LogP contribution in [0.5, 0.6) is 11.5 Å². The van der Waals surface area contributed by atoms with E-state index in [1.807, 2.05) is 30.3 Å². The third-order valence-electron chi connectivity index (χ3n) is 5.97. The van der Waals surface area contributed by atoms with E-state index in [2.05, 4.69) is 53.0 Å². The number of nitrogens with one attached hydrogen (secondary N) is 1. The van der Waals surface area contributed by atoms with Crippen molar-refractivity contribution in [2.24, 2.45) is 5.73 Å². The van der Waals surface area contributed by atoms with Crippen molar-refractivity contribution in [3.63, 3.8) is 0 Å². The Morgan fingerprint density at radius 2 is 1.76 bits per heavy atom. The highest BCUT2D eigenvalue weighted by atomic mass is 32.1. The highest BCUT2D eigenvalue weighted by Crippen LogP contribution is 2.28. The van der Waals surface area contributed by atoms with Gasteiger partial charge in [0.05, 0.1) is 12.8 Å². The molecule has 4 aromatic rings. The average Bonchev–Trinajstić information content (AvgIpc) is 3.42. The molecule has 4 rings (SSSR count). The maximum atomic E-state index is 12.2. The van der Waals surface area contributed by atoms with Crippen molar-refractivity contribution >= 4 is 23.0 Å². The van der Waals surface area contributed by atoms with Crippen molar-refractivity contribution in [2.45, 2.75) is 52.3 Å². The number of nitrogens with two attached hydrogens (primary N) is 1. The molecule has 0 bridgehead atoms. The molecule has 0 saturated carbocycles. The number of hydrogen-bond donors (Lipinski definition) is 2. The van der Waals surface area contributed by atoms with E-state index in [9.17, 15) is 13.2 Å². The Bertz CT molecular complexity index is 1420. The highest BCUT2D eigenvalue weighted by molar-refractivity contribution is 7.80. The molecule has 7 nitrogen and oxygen atoms in total. The van der Waals surface area contributed by atoms with Gasteiger partial charge in [-0.15, -0.1) is 18.3 Å². The SMILES string of the molecule is CCCCc1cccc(-c2ncn(-c3ccc(OC(F)(F)F)cc3)n2)c1.COc1ccc(C(C)C)c(NC(N)=S)c1. The predicted molar refractivity (Wildman–Crippen MR) is 160 cm³/mol. The number of halogens is 3. The zero-order valence-corrected chi connectivity index (χ0v) is 24.2. The van der Waals surface area contributed by atoms with Crippen LogP contribution in [0.25, 0.3) is 17.1 Å². The lowest BCUT2D eigenvalue weighted by Gasteiger charge is -2.14. The number of thiocarbonyl (C=S) groups is 1. The number of ether oxygens (including phenoxy) is 2. The summed E-state index contributed by atoms with van der Waals surface area (Å²) < 4.78 is 47.2. The third-order valence-corrected chi connectivity index (χ3v) is 6.07. The molecule has 0 radical (unpaired) electrons. The molecule has 0 aliphatic heterocycles. The summed E-state index contributed by atoms with van der Waals surface area (Å²) in [5.41, 5.74) is 10.3. The zero-order chi connectivity index (χ0) is 30.0. The quantitative estimate of drug-likeness (QED) is 0.195. The molecule has 0 unspecified atom stereocenters. The van der Waals surface area contributed by atoms with Crippen molar-refractivity contribution in [3.05, 3.63) is 84.2 Å². The molecule has 1 heterocycles. The number of alkyl halides is 3. The molecule has 0 amide bonds. The molecule has 3 aromatic carbocycles. The van der Waals surface area contributed by atoms with Crippen LogP contribution in [0.3, 0.4) is 0 Å². The van der Waals surface area contributed by atoms with E-state index in [-0.39, 0.29) is 10.9 Å². The monoisotopic (exact) mass is 585 g/mol. The molecular formula is C30H34F3N5O2S. The fourth-order valence-corrected chi connectivity index (χ4v) is 4.08. The number of anilines is 1. The van der Waals surface area contributed by atoms with E-state index >= 15 is 0 Å². The second-order valence-corrected chi connectivity index (χ2v) is 9.90. The van der Waals surface area contributed by atoms with Gasteiger partial charge in [-0.2, -0.15) is 0 Å². The number of methoxy groups -OCH3 is 1. The van der Waals surface area contributed by atoms with Crippen LogP contribution in [0.15, 0.2) is 73.1 Å². The van der Waals surface area contributed by atoms with Gasteiger partial charge in [-0.3, -0.25) is 0 Å². The normalized spacial score (nSPS) is 11.0. The van der Waals surface area contributed by atoms with Crippen LogP contribution in [0, 0.1) is 0 Å². The molecular weight excluding hydrogens is 551 g/mol. The lowest BCUT2D eigenvalue weighted by Crippen LogP contribution is -2.20. The minimum Gasteiger partial charge on any atom is -0.497 e. The van der Waals surface area contributed by atoms with Crippen LogP contribution in [0.2, 0.25) is 0 Å². The van der Waals surface area contributed by atoms with Gasteiger partial charge < -0.3 is 20.5 Å². The zero-order valence-electron chi connectivity index (χ0n) is 23.4. The first-order valence-corrected chi connectivity index (χ1v) is 13.5. The van der Waals surface area contributed by atoms with Gasteiger partial charge in [-0.25, -0.2) is 9.67 Å². The number of hydrogen-bond acceptors (Lipinski definition) is 5. The van der Waals surface area contributed by atoms with Gasteiger partial charge in [-0.1, -0.05) is 51.5 Å². The molecule has 11 heteroatoms. The first-order chi connectivity index (χ1) is 19.5. The summed E-state index contributed by atoms with van der Waals surface area (Å²) in [7, 11) is 1.63. The van der Waals surface area contributed by atoms with Crippen LogP contribution < -0.4 is 20.5 Å². The Balaban J connectivity index is 0.000000263. The van der Waals surface area contributed by atoms with Crippen LogP contribution in [-0.4, -0.2) is 33.3 Å². The standard InChI is InChI=1S/C19H18F3N3O.C11H16N2OS/c1-2-3-5-14-6-4-7-15(12-14)18-23-13-25(24-18)16-8-10-17(11-9-16)26-19(20,21)22;1-7(2)9-5-4-8(14-3)6-10(9)13-11(12)15/h4,6-13H,2-3,5H2,1H3;4-7H,1-3H3,(H3,12,13,15). The Morgan fingerprint density at radius 3 is 2.37 bits per heavy atom. The fraction of sp³-hybridized carbons (Fsp3) is 0.300. The Hall–Kier alpha value is -4.12. The number of aryl methyl sites for hydroxylation is 1. The summed E-state index contributed by atoms with van der Waals surface area (Å²) in [6.45, 7) is 6.39. The molecule has 0 atom stereocenters. The molecule has 0 aliphatic rings. The van der Waals surface area contributed by atoms with Gasteiger partial charge in [0, 0.05) is 17.3 Å². The van der Waals surface area contributed by atoms with Gasteiger partial charge in [0.2, 0.25) is 0 Å². The Morgan fingerprint density at radius 1 is 1.05 bits per heavy atom. The van der Waals surface area contributed by atoms with E-state index in [0.717, 1.165) is 36.3 Å². The summed E-state index contributed by atoms with van der Waals surface area (Å²) in [6.07, 6.45) is 0.0902. The smallest absolute Gasteiger partial charge is 0.497 e. The van der Waals surface area contributed by atoms with E-state index < -0.39 is 6.36 Å². The number of unbranched alkanes of at least 4 members (excludes halogenated alkanes) is 1. The van der Waals surface area contributed by atoms with Gasteiger partial charge in [0.25, 0.3) is 0 Å². The van der Waals surface area contributed by atoms with Gasteiger partial charge in [-0.05, 0) is 78.5 Å². The van der Waals surface area contributed by atoms with E-state index in [4.69, 9.17) is 22.7 Å². The summed E-state index contributed by atoms with van der Waals surface area (Å²) in [4.78, 5) is 4.31. The maximum absolute atomic E-state index is 12.2. The van der Waals surface area contributed by atoms with Crippen LogP contribution >= 0.6 is 12.2 Å². The number of rotatable bonds is 9. The molecule has 0 fully saturated rings. The topological polar surface area (TPSA) is 87.2 Å². The van der Waals surface area contributed by atoms with Crippen molar-refractivity contribution < 1.29 is 22.6 Å². The molecule has 0 spiro atoms. The average molecular weight is 586 g/mol. The molecule has 3 N–H and O–H groups in total. The van der Waals surface area contributed by atoms with Crippen LogP contribution in [0.4, 0.5) is 18.9 Å². The first-order valence-electron chi connectivity index (χ1n) is 13.1. The molecule has 0 saturated heterocycles. The van der Waals surface area contributed by atoms with E-state index in [0.29, 0.717) is 17.4 Å². The first kappa shape index (κ1) is 31.4. The molecule has 0 aliphatic carbocycles. The lowest BCUT2D eigenvalue weighted by atomic mass is 10.0. The van der Waals surface area contributed by atoms with Crippen molar-refractivity contribution in [1.82, 2.24) is 14.8 Å².